The number of nitrogens with two attached hydrogens (primary N) is 1. The molecule has 96 valence electrons. The van der Waals surface area contributed by atoms with E-state index in [4.69, 9.17) is 10.3 Å². The number of hydrogen-bond donors (Lipinski definition) is 2. The normalized spacial score (nSPS) is 12.5. The fourth-order valence-corrected chi connectivity index (χ4v) is 1.72. The average molecular weight is 256 g/mol. The van der Waals surface area contributed by atoms with Crippen LogP contribution in [0.5, 0.6) is 0 Å². The summed E-state index contributed by atoms with van der Waals surface area (Å²) in [5.41, 5.74) is 7.74. The molecule has 3 heterocycles. The summed E-state index contributed by atoms with van der Waals surface area (Å²) in [4.78, 5) is 15.2. The highest BCUT2D eigenvalue weighted by molar-refractivity contribution is 5.51. The van der Waals surface area contributed by atoms with Crippen LogP contribution in [0.4, 0.5) is 0 Å². The molecule has 0 unspecified atom stereocenters. The molecule has 3 aromatic rings. The van der Waals surface area contributed by atoms with E-state index in [0.29, 0.717) is 18.1 Å². The topological polar surface area (TPSA) is 107 Å². The minimum atomic E-state index is -0.363. The third-order valence-corrected chi connectivity index (χ3v) is 2.67. The maximum Gasteiger partial charge on any atom is 0.244 e. The maximum atomic E-state index is 6.02. The maximum absolute atomic E-state index is 6.02. The van der Waals surface area contributed by atoms with E-state index in [9.17, 15) is 0 Å². The van der Waals surface area contributed by atoms with Crippen molar-refractivity contribution >= 4 is 0 Å². The summed E-state index contributed by atoms with van der Waals surface area (Å²) in [5.74, 6) is 0.886. The molecule has 1 atom stereocenters. The molecule has 7 heteroatoms. The van der Waals surface area contributed by atoms with Crippen LogP contribution in [-0.4, -0.2) is 25.1 Å². The van der Waals surface area contributed by atoms with Gasteiger partial charge in [-0.1, -0.05) is 5.16 Å². The first-order valence-corrected chi connectivity index (χ1v) is 5.80. The van der Waals surface area contributed by atoms with Gasteiger partial charge in [-0.15, -0.1) is 0 Å². The van der Waals surface area contributed by atoms with Gasteiger partial charge in [0.05, 0.1) is 12.4 Å². The van der Waals surface area contributed by atoms with E-state index in [1.165, 1.54) is 0 Å². The Bertz CT molecular complexity index is 633. The molecule has 0 saturated heterocycles. The van der Waals surface area contributed by atoms with Crippen LogP contribution in [0.3, 0.4) is 0 Å². The van der Waals surface area contributed by atoms with Gasteiger partial charge in [-0.3, -0.25) is 4.98 Å². The van der Waals surface area contributed by atoms with E-state index < -0.39 is 0 Å². The van der Waals surface area contributed by atoms with Crippen molar-refractivity contribution in [2.75, 3.05) is 0 Å². The lowest BCUT2D eigenvalue weighted by Gasteiger charge is -2.03. The molecule has 3 N–H and O–H groups in total. The van der Waals surface area contributed by atoms with Crippen LogP contribution in [0.15, 0.2) is 41.6 Å². The Morgan fingerprint density at radius 1 is 1.32 bits per heavy atom. The monoisotopic (exact) mass is 256 g/mol. The van der Waals surface area contributed by atoms with Crippen molar-refractivity contribution < 1.29 is 4.52 Å². The standard InChI is InChI=1S/C12H12N6O/c13-10(4-9-6-15-7-16-9)12-17-11(18-19-12)8-2-1-3-14-5-8/h1-3,5-7,10H,4,13H2,(H,15,16)/t10-/m1/s1. The molecular formula is C12H12N6O. The number of nitrogens with one attached hydrogen (secondary N) is 1. The molecule has 0 radical (unpaired) electrons. The third kappa shape index (κ3) is 2.50. The molecule has 0 amide bonds. The lowest BCUT2D eigenvalue weighted by atomic mass is 10.2. The van der Waals surface area contributed by atoms with Gasteiger partial charge < -0.3 is 15.2 Å². The fraction of sp³-hybridized carbons (Fsp3) is 0.167. The Morgan fingerprint density at radius 3 is 3.00 bits per heavy atom. The summed E-state index contributed by atoms with van der Waals surface area (Å²) >= 11 is 0. The van der Waals surface area contributed by atoms with Crippen LogP contribution >= 0.6 is 0 Å². The summed E-state index contributed by atoms with van der Waals surface area (Å²) in [6, 6.07) is 3.32. The molecule has 0 aromatic carbocycles. The van der Waals surface area contributed by atoms with Gasteiger partial charge in [-0.05, 0) is 12.1 Å². The molecule has 19 heavy (non-hydrogen) atoms. The molecule has 0 saturated carbocycles. The van der Waals surface area contributed by atoms with Gasteiger partial charge in [0.1, 0.15) is 0 Å². The van der Waals surface area contributed by atoms with Gasteiger partial charge in [-0.2, -0.15) is 4.98 Å². The molecule has 3 rings (SSSR count). The van der Waals surface area contributed by atoms with Crippen LogP contribution in [0.2, 0.25) is 0 Å². The molecule has 0 aliphatic rings. The zero-order valence-electron chi connectivity index (χ0n) is 10.0. The van der Waals surface area contributed by atoms with E-state index in [1.54, 1.807) is 24.9 Å². The van der Waals surface area contributed by atoms with E-state index in [-0.39, 0.29) is 6.04 Å². The third-order valence-electron chi connectivity index (χ3n) is 2.67. The summed E-state index contributed by atoms with van der Waals surface area (Å²) in [6.45, 7) is 0. The number of pyridine rings is 1. The predicted octanol–water partition coefficient (Wildman–Crippen LogP) is 1.10. The van der Waals surface area contributed by atoms with E-state index in [2.05, 4.69) is 25.1 Å². The quantitative estimate of drug-likeness (QED) is 0.723. The number of rotatable bonds is 4. The van der Waals surface area contributed by atoms with Crippen molar-refractivity contribution in [3.05, 3.63) is 48.6 Å². The molecule has 0 bridgehead atoms. The SMILES string of the molecule is N[C@H](Cc1cnc[nH]1)c1nc(-c2cccnc2)no1. The molecule has 0 fully saturated rings. The van der Waals surface area contributed by atoms with Crippen LogP contribution in [-0.2, 0) is 6.42 Å². The van der Waals surface area contributed by atoms with Crippen LogP contribution in [0, 0.1) is 0 Å². The highest BCUT2D eigenvalue weighted by Gasteiger charge is 2.16. The number of aromatic amines is 1. The van der Waals surface area contributed by atoms with E-state index in [0.717, 1.165) is 11.3 Å². The summed E-state index contributed by atoms with van der Waals surface area (Å²) in [6.07, 6.45) is 7.26. The number of H-pyrrole nitrogens is 1. The lowest BCUT2D eigenvalue weighted by Crippen LogP contribution is -2.13. The van der Waals surface area contributed by atoms with Gasteiger partial charge in [0, 0.05) is 36.3 Å². The van der Waals surface area contributed by atoms with Gasteiger partial charge in [-0.25, -0.2) is 4.98 Å². The minimum absolute atomic E-state index is 0.363. The Morgan fingerprint density at radius 2 is 2.26 bits per heavy atom. The summed E-state index contributed by atoms with van der Waals surface area (Å²) < 4.78 is 5.18. The van der Waals surface area contributed by atoms with Crippen LogP contribution in [0.25, 0.3) is 11.4 Å². The zero-order valence-corrected chi connectivity index (χ0v) is 10.0. The van der Waals surface area contributed by atoms with Crippen LogP contribution in [0.1, 0.15) is 17.6 Å². The first-order chi connectivity index (χ1) is 9.33. The second-order valence-corrected chi connectivity index (χ2v) is 4.09. The first-order valence-electron chi connectivity index (χ1n) is 5.80. The van der Waals surface area contributed by atoms with Crippen molar-refractivity contribution in [3.63, 3.8) is 0 Å². The van der Waals surface area contributed by atoms with Crippen molar-refractivity contribution in [3.8, 4) is 11.4 Å². The predicted molar refractivity (Wildman–Crippen MR) is 66.7 cm³/mol. The molecule has 0 spiro atoms. The fourth-order valence-electron chi connectivity index (χ4n) is 1.72. The lowest BCUT2D eigenvalue weighted by molar-refractivity contribution is 0.354. The Labute approximate surface area is 108 Å². The number of aromatic nitrogens is 5. The van der Waals surface area contributed by atoms with Gasteiger partial charge in [0.15, 0.2) is 0 Å². The first kappa shape index (κ1) is 11.5. The smallest absolute Gasteiger partial charge is 0.244 e. The number of nitrogens with zero attached hydrogens (tertiary/aromatic N) is 4. The molecule has 0 aliphatic heterocycles. The minimum Gasteiger partial charge on any atom is -0.348 e. The molecular weight excluding hydrogens is 244 g/mol. The number of hydrogen-bond acceptors (Lipinski definition) is 6. The van der Waals surface area contributed by atoms with Gasteiger partial charge in [0.25, 0.3) is 0 Å². The number of imidazole rings is 1. The summed E-state index contributed by atoms with van der Waals surface area (Å²) in [5, 5.41) is 3.90. The van der Waals surface area contributed by atoms with E-state index >= 15 is 0 Å². The van der Waals surface area contributed by atoms with Crippen molar-refractivity contribution in [1.82, 2.24) is 25.1 Å². The zero-order chi connectivity index (χ0) is 13.1. The Kier molecular flexibility index (Phi) is 3.03. The van der Waals surface area contributed by atoms with E-state index in [1.807, 2.05) is 12.1 Å². The second-order valence-electron chi connectivity index (χ2n) is 4.09. The molecule has 3 aromatic heterocycles. The second kappa shape index (κ2) is 4.99. The molecule has 7 nitrogen and oxygen atoms in total. The van der Waals surface area contributed by atoms with Crippen molar-refractivity contribution in [2.24, 2.45) is 5.73 Å². The molecule has 0 aliphatic carbocycles. The van der Waals surface area contributed by atoms with Gasteiger partial charge >= 0.3 is 0 Å². The van der Waals surface area contributed by atoms with Gasteiger partial charge in [0.2, 0.25) is 11.7 Å². The largest absolute Gasteiger partial charge is 0.348 e. The Balaban J connectivity index is 1.78. The highest BCUT2D eigenvalue weighted by atomic mass is 16.5. The van der Waals surface area contributed by atoms with Crippen molar-refractivity contribution in [1.29, 1.82) is 0 Å². The highest BCUT2D eigenvalue weighted by Crippen LogP contribution is 2.18. The average Bonchev–Trinajstić information content (AvgIpc) is 3.10. The van der Waals surface area contributed by atoms with Crippen molar-refractivity contribution in [2.45, 2.75) is 12.5 Å². The summed E-state index contributed by atoms with van der Waals surface area (Å²) in [7, 11) is 0. The Hall–Kier alpha value is -2.54. The van der Waals surface area contributed by atoms with Crippen LogP contribution < -0.4 is 5.73 Å².